The molecule has 0 aromatic carbocycles. The van der Waals surface area contributed by atoms with Gasteiger partial charge in [0, 0.05) is 24.1 Å². The molecule has 0 saturated heterocycles. The number of hydrogen-bond donors (Lipinski definition) is 2. The van der Waals surface area contributed by atoms with Crippen LogP contribution >= 0.6 is 24.0 Å². The van der Waals surface area contributed by atoms with Crippen LogP contribution < -0.4 is 11.1 Å². The Morgan fingerprint density at radius 2 is 1.95 bits per heavy atom. The van der Waals surface area contributed by atoms with Gasteiger partial charge in [0.2, 0.25) is 0 Å². The minimum Gasteiger partial charge on any atom is -0.370 e. The van der Waals surface area contributed by atoms with Crippen LogP contribution in [0.5, 0.6) is 0 Å². The van der Waals surface area contributed by atoms with Crippen LogP contribution in [0, 0.1) is 13.8 Å². The molecule has 1 aliphatic rings. The van der Waals surface area contributed by atoms with Gasteiger partial charge in [-0.05, 0) is 26.7 Å². The van der Waals surface area contributed by atoms with Crippen LogP contribution in [0.4, 0.5) is 0 Å². The highest BCUT2D eigenvalue weighted by Gasteiger charge is 2.16. The summed E-state index contributed by atoms with van der Waals surface area (Å²) in [6.45, 7) is 6.71. The largest absolute Gasteiger partial charge is 0.370 e. The van der Waals surface area contributed by atoms with Crippen molar-refractivity contribution in [2.24, 2.45) is 10.7 Å². The first-order valence-electron chi connectivity index (χ1n) is 8.07. The molecule has 0 amide bonds. The molecular formula is C16H29IN4O. The van der Waals surface area contributed by atoms with E-state index in [2.05, 4.69) is 22.4 Å². The lowest BCUT2D eigenvalue weighted by atomic mass is 10.00. The lowest BCUT2D eigenvalue weighted by Gasteiger charge is -2.17. The van der Waals surface area contributed by atoms with Gasteiger partial charge >= 0.3 is 0 Å². The molecule has 5 nitrogen and oxygen atoms in total. The van der Waals surface area contributed by atoms with Crippen LogP contribution in [0.1, 0.15) is 68.4 Å². The van der Waals surface area contributed by atoms with Crippen LogP contribution in [0.25, 0.3) is 0 Å². The van der Waals surface area contributed by atoms with Crippen molar-refractivity contribution < 1.29 is 4.52 Å². The Kier molecular flexibility index (Phi) is 8.20. The van der Waals surface area contributed by atoms with Gasteiger partial charge in [-0.3, -0.25) is 4.99 Å². The Morgan fingerprint density at radius 1 is 1.32 bits per heavy atom. The SMILES string of the molecule is Cc1noc(C)c1C(C)CN=C(N)NC1CCCCCC1.I. The van der Waals surface area contributed by atoms with Crippen molar-refractivity contribution >= 4 is 29.9 Å². The summed E-state index contributed by atoms with van der Waals surface area (Å²) < 4.78 is 5.21. The third-order valence-corrected chi connectivity index (χ3v) is 4.32. The molecule has 126 valence electrons. The summed E-state index contributed by atoms with van der Waals surface area (Å²) in [5, 5.41) is 7.38. The summed E-state index contributed by atoms with van der Waals surface area (Å²) in [5.41, 5.74) is 8.14. The summed E-state index contributed by atoms with van der Waals surface area (Å²) in [6, 6.07) is 0.491. The molecule has 3 N–H and O–H groups in total. The highest BCUT2D eigenvalue weighted by atomic mass is 127. The fourth-order valence-electron chi connectivity index (χ4n) is 3.20. The Labute approximate surface area is 150 Å². The predicted molar refractivity (Wildman–Crippen MR) is 101 cm³/mol. The zero-order valence-electron chi connectivity index (χ0n) is 13.9. The average molecular weight is 420 g/mol. The fraction of sp³-hybridized carbons (Fsp3) is 0.750. The molecule has 0 aliphatic heterocycles. The molecule has 0 spiro atoms. The maximum absolute atomic E-state index is 6.03. The van der Waals surface area contributed by atoms with Crippen LogP contribution in [0.2, 0.25) is 0 Å². The van der Waals surface area contributed by atoms with Crippen molar-refractivity contribution in [3.63, 3.8) is 0 Å². The molecule has 1 aromatic heterocycles. The molecular weight excluding hydrogens is 391 g/mol. The molecule has 1 aromatic rings. The monoisotopic (exact) mass is 420 g/mol. The fourth-order valence-corrected chi connectivity index (χ4v) is 3.20. The van der Waals surface area contributed by atoms with Crippen molar-refractivity contribution in [3.8, 4) is 0 Å². The third-order valence-electron chi connectivity index (χ3n) is 4.32. The minimum absolute atomic E-state index is 0. The van der Waals surface area contributed by atoms with E-state index in [1.807, 2.05) is 13.8 Å². The number of nitrogens with one attached hydrogen (secondary N) is 1. The number of rotatable bonds is 4. The second kappa shape index (κ2) is 9.37. The number of halogens is 1. The van der Waals surface area contributed by atoms with E-state index in [1.54, 1.807) is 0 Å². The number of nitrogens with two attached hydrogens (primary N) is 1. The van der Waals surface area contributed by atoms with Crippen LogP contribution in [-0.2, 0) is 0 Å². The van der Waals surface area contributed by atoms with Gasteiger partial charge in [0.15, 0.2) is 5.96 Å². The Hall–Kier alpha value is -0.790. The molecule has 1 aliphatic carbocycles. The second-order valence-corrected chi connectivity index (χ2v) is 6.20. The summed E-state index contributed by atoms with van der Waals surface area (Å²) in [6.07, 6.45) is 7.68. The zero-order chi connectivity index (χ0) is 15.2. The average Bonchev–Trinajstić information content (AvgIpc) is 2.67. The number of aryl methyl sites for hydroxylation is 2. The van der Waals surface area contributed by atoms with E-state index in [0.717, 1.165) is 17.0 Å². The summed E-state index contributed by atoms with van der Waals surface area (Å²) >= 11 is 0. The minimum atomic E-state index is 0. The number of hydrogen-bond acceptors (Lipinski definition) is 3. The molecule has 2 rings (SSSR count). The van der Waals surface area contributed by atoms with Gasteiger partial charge in [0.05, 0.1) is 5.69 Å². The van der Waals surface area contributed by atoms with E-state index in [4.69, 9.17) is 10.3 Å². The normalized spacial score (nSPS) is 18.4. The van der Waals surface area contributed by atoms with Crippen molar-refractivity contribution in [2.45, 2.75) is 71.3 Å². The van der Waals surface area contributed by atoms with Gasteiger partial charge in [-0.15, -0.1) is 24.0 Å². The second-order valence-electron chi connectivity index (χ2n) is 6.20. The molecule has 1 saturated carbocycles. The van der Waals surface area contributed by atoms with Gasteiger partial charge in [-0.25, -0.2) is 0 Å². The standard InChI is InChI=1S/C16H28N4O.HI/c1-11(15-12(2)20-21-13(15)3)10-18-16(17)19-14-8-6-4-5-7-9-14;/h11,14H,4-10H2,1-3H3,(H3,17,18,19);1H. The van der Waals surface area contributed by atoms with Crippen molar-refractivity contribution in [3.05, 3.63) is 17.0 Å². The van der Waals surface area contributed by atoms with E-state index in [0.29, 0.717) is 18.5 Å². The molecule has 22 heavy (non-hydrogen) atoms. The Bertz CT molecular complexity index is 459. The van der Waals surface area contributed by atoms with Gasteiger partial charge in [-0.2, -0.15) is 0 Å². The lowest BCUT2D eigenvalue weighted by Crippen LogP contribution is -2.40. The van der Waals surface area contributed by atoms with E-state index in [9.17, 15) is 0 Å². The molecule has 6 heteroatoms. The van der Waals surface area contributed by atoms with Gasteiger partial charge in [-0.1, -0.05) is 37.8 Å². The van der Waals surface area contributed by atoms with Gasteiger partial charge in [0.25, 0.3) is 0 Å². The van der Waals surface area contributed by atoms with E-state index < -0.39 is 0 Å². The Balaban J connectivity index is 0.00000242. The number of aliphatic imine (C=N–C) groups is 1. The topological polar surface area (TPSA) is 76.4 Å². The highest BCUT2D eigenvalue weighted by Crippen LogP contribution is 2.23. The van der Waals surface area contributed by atoms with Crippen molar-refractivity contribution in [1.29, 1.82) is 0 Å². The summed E-state index contributed by atoms with van der Waals surface area (Å²) in [7, 11) is 0. The first-order chi connectivity index (χ1) is 10.1. The third kappa shape index (κ3) is 5.44. The van der Waals surface area contributed by atoms with Crippen LogP contribution in [0.3, 0.4) is 0 Å². The number of guanidine groups is 1. The molecule has 1 fully saturated rings. The van der Waals surface area contributed by atoms with E-state index in [1.165, 1.54) is 38.5 Å². The lowest BCUT2D eigenvalue weighted by molar-refractivity contribution is 0.391. The molecule has 0 radical (unpaired) electrons. The zero-order valence-corrected chi connectivity index (χ0v) is 16.2. The van der Waals surface area contributed by atoms with E-state index in [-0.39, 0.29) is 29.9 Å². The quantitative estimate of drug-likeness (QED) is 0.338. The summed E-state index contributed by atoms with van der Waals surface area (Å²) in [4.78, 5) is 4.50. The maximum Gasteiger partial charge on any atom is 0.188 e. The molecule has 1 unspecified atom stereocenters. The Morgan fingerprint density at radius 3 is 2.50 bits per heavy atom. The first kappa shape index (κ1) is 19.3. The highest BCUT2D eigenvalue weighted by molar-refractivity contribution is 14.0. The van der Waals surface area contributed by atoms with Gasteiger partial charge < -0.3 is 15.6 Å². The molecule has 0 bridgehead atoms. The van der Waals surface area contributed by atoms with E-state index >= 15 is 0 Å². The molecule has 1 atom stereocenters. The van der Waals surface area contributed by atoms with Crippen molar-refractivity contribution in [1.82, 2.24) is 10.5 Å². The number of nitrogens with zero attached hydrogens (tertiary/aromatic N) is 2. The number of aromatic nitrogens is 1. The van der Waals surface area contributed by atoms with Crippen LogP contribution in [-0.4, -0.2) is 23.7 Å². The predicted octanol–water partition coefficient (Wildman–Crippen LogP) is 3.64. The van der Waals surface area contributed by atoms with Crippen LogP contribution in [0.15, 0.2) is 9.52 Å². The van der Waals surface area contributed by atoms with Crippen molar-refractivity contribution in [2.75, 3.05) is 6.54 Å². The first-order valence-corrected chi connectivity index (χ1v) is 8.07. The molecule has 1 heterocycles. The maximum atomic E-state index is 6.03. The smallest absolute Gasteiger partial charge is 0.188 e. The summed E-state index contributed by atoms with van der Waals surface area (Å²) in [5.74, 6) is 1.72. The van der Waals surface area contributed by atoms with Gasteiger partial charge in [0.1, 0.15) is 5.76 Å².